The van der Waals surface area contributed by atoms with E-state index in [0.29, 0.717) is 6.54 Å². The average molecular weight is 144 g/mol. The Hall–Kier alpha value is -0.420. The molecule has 1 aliphatic rings. The van der Waals surface area contributed by atoms with Crippen molar-refractivity contribution in [3.63, 3.8) is 0 Å². The van der Waals surface area contributed by atoms with Crippen LogP contribution in [0.5, 0.6) is 0 Å². The van der Waals surface area contributed by atoms with Crippen molar-refractivity contribution in [1.82, 2.24) is 0 Å². The molecule has 1 heterocycles. The molecule has 0 unspecified atom stereocenters. The molecule has 5 N–H and O–H groups in total. The Labute approximate surface area is 59.5 Å². The van der Waals surface area contributed by atoms with Gasteiger partial charge in [-0.15, -0.1) is 0 Å². The SMILES string of the molecule is NC[C@@H]1C=C[C@@H](N)[C@@H](O)O1. The van der Waals surface area contributed by atoms with Gasteiger partial charge in [-0.25, -0.2) is 0 Å². The second-order valence-electron chi connectivity index (χ2n) is 2.26. The fourth-order valence-corrected chi connectivity index (χ4v) is 0.797. The lowest BCUT2D eigenvalue weighted by Crippen LogP contribution is -2.42. The van der Waals surface area contributed by atoms with Gasteiger partial charge < -0.3 is 21.3 Å². The molecule has 0 saturated carbocycles. The quantitative estimate of drug-likeness (QED) is 0.393. The highest BCUT2D eigenvalue weighted by Crippen LogP contribution is 2.07. The lowest BCUT2D eigenvalue weighted by molar-refractivity contribution is -0.131. The highest BCUT2D eigenvalue weighted by Gasteiger charge is 2.20. The first-order valence-electron chi connectivity index (χ1n) is 3.21. The minimum absolute atomic E-state index is 0.185. The number of hydrogen-bond donors (Lipinski definition) is 3. The van der Waals surface area contributed by atoms with E-state index in [1.807, 2.05) is 0 Å². The van der Waals surface area contributed by atoms with Gasteiger partial charge in [0.2, 0.25) is 0 Å². The second kappa shape index (κ2) is 3.12. The molecule has 0 aliphatic carbocycles. The molecule has 0 spiro atoms. The lowest BCUT2D eigenvalue weighted by atomic mass is 10.2. The van der Waals surface area contributed by atoms with Gasteiger partial charge in [0.1, 0.15) is 0 Å². The third-order valence-corrected chi connectivity index (χ3v) is 1.42. The number of rotatable bonds is 1. The van der Waals surface area contributed by atoms with Crippen LogP contribution in [0.15, 0.2) is 12.2 Å². The Kier molecular flexibility index (Phi) is 2.39. The molecule has 0 fully saturated rings. The van der Waals surface area contributed by atoms with E-state index in [1.165, 1.54) is 0 Å². The van der Waals surface area contributed by atoms with E-state index in [-0.39, 0.29) is 6.10 Å². The second-order valence-corrected chi connectivity index (χ2v) is 2.26. The summed E-state index contributed by atoms with van der Waals surface area (Å²) in [5, 5.41) is 9.03. The van der Waals surface area contributed by atoms with Gasteiger partial charge in [-0.05, 0) is 0 Å². The number of nitrogens with two attached hydrogens (primary N) is 2. The van der Waals surface area contributed by atoms with E-state index in [2.05, 4.69) is 0 Å². The standard InChI is InChI=1S/C6H12N2O2/c7-3-4-1-2-5(8)6(9)10-4/h1-2,4-6,9H,3,7-8H2/t4-,5+,6-/m0/s1. The van der Waals surface area contributed by atoms with E-state index >= 15 is 0 Å². The maximum atomic E-state index is 9.03. The molecule has 0 radical (unpaired) electrons. The molecule has 0 aromatic heterocycles. The summed E-state index contributed by atoms with van der Waals surface area (Å²) in [6.45, 7) is 0.375. The third kappa shape index (κ3) is 1.54. The molecule has 0 bridgehead atoms. The van der Waals surface area contributed by atoms with Crippen LogP contribution in [0.25, 0.3) is 0 Å². The Morgan fingerprint density at radius 3 is 2.70 bits per heavy atom. The highest BCUT2D eigenvalue weighted by molar-refractivity contribution is 5.02. The van der Waals surface area contributed by atoms with Crippen LogP contribution in [0.2, 0.25) is 0 Å². The van der Waals surface area contributed by atoms with Gasteiger partial charge in [-0.1, -0.05) is 12.2 Å². The zero-order chi connectivity index (χ0) is 7.56. The summed E-state index contributed by atoms with van der Waals surface area (Å²) in [5.41, 5.74) is 10.7. The number of aliphatic hydroxyl groups excluding tert-OH is 1. The van der Waals surface area contributed by atoms with E-state index in [9.17, 15) is 0 Å². The predicted octanol–water partition coefficient (Wildman–Crippen LogP) is -1.45. The third-order valence-electron chi connectivity index (χ3n) is 1.42. The van der Waals surface area contributed by atoms with Gasteiger partial charge in [0.05, 0.1) is 12.1 Å². The number of ether oxygens (including phenoxy) is 1. The Morgan fingerprint density at radius 1 is 1.50 bits per heavy atom. The van der Waals surface area contributed by atoms with Crippen molar-refractivity contribution >= 4 is 0 Å². The Morgan fingerprint density at radius 2 is 2.20 bits per heavy atom. The molecule has 0 amide bonds. The van der Waals surface area contributed by atoms with Gasteiger partial charge in [0.15, 0.2) is 6.29 Å². The molecule has 4 heteroatoms. The molecule has 0 saturated heterocycles. The first kappa shape index (κ1) is 7.68. The summed E-state index contributed by atoms with van der Waals surface area (Å²) in [6, 6.07) is -0.414. The minimum Gasteiger partial charge on any atom is -0.366 e. The first-order valence-corrected chi connectivity index (χ1v) is 3.21. The Bertz CT molecular complexity index is 138. The Balaban J connectivity index is 2.51. The maximum absolute atomic E-state index is 9.03. The fraction of sp³-hybridized carbons (Fsp3) is 0.667. The molecule has 58 valence electrons. The average Bonchev–Trinajstić information content (AvgIpc) is 1.95. The summed E-state index contributed by atoms with van der Waals surface area (Å²) < 4.78 is 4.97. The van der Waals surface area contributed by atoms with E-state index in [0.717, 1.165) is 0 Å². The minimum atomic E-state index is -0.904. The van der Waals surface area contributed by atoms with Crippen molar-refractivity contribution in [3.8, 4) is 0 Å². The molecule has 4 nitrogen and oxygen atoms in total. The number of hydrogen-bond acceptors (Lipinski definition) is 4. The molecule has 10 heavy (non-hydrogen) atoms. The first-order chi connectivity index (χ1) is 4.74. The molecule has 0 aromatic carbocycles. The van der Waals surface area contributed by atoms with Crippen molar-refractivity contribution in [2.45, 2.75) is 18.4 Å². The van der Waals surface area contributed by atoms with Crippen molar-refractivity contribution in [2.24, 2.45) is 11.5 Å². The molecule has 0 aromatic rings. The summed E-state index contributed by atoms with van der Waals surface area (Å²) in [7, 11) is 0. The fourth-order valence-electron chi connectivity index (χ4n) is 0.797. The molecular formula is C6H12N2O2. The predicted molar refractivity (Wildman–Crippen MR) is 37.0 cm³/mol. The smallest absolute Gasteiger partial charge is 0.174 e. The van der Waals surface area contributed by atoms with Crippen LogP contribution in [-0.2, 0) is 4.74 Å². The van der Waals surface area contributed by atoms with E-state index in [1.54, 1.807) is 12.2 Å². The van der Waals surface area contributed by atoms with Gasteiger partial charge in [-0.3, -0.25) is 0 Å². The topological polar surface area (TPSA) is 81.5 Å². The van der Waals surface area contributed by atoms with Crippen LogP contribution in [0.1, 0.15) is 0 Å². The van der Waals surface area contributed by atoms with Crippen molar-refractivity contribution < 1.29 is 9.84 Å². The van der Waals surface area contributed by atoms with Crippen molar-refractivity contribution in [3.05, 3.63) is 12.2 Å². The summed E-state index contributed by atoms with van der Waals surface area (Å²) in [6.07, 6.45) is 2.37. The van der Waals surface area contributed by atoms with E-state index < -0.39 is 12.3 Å². The van der Waals surface area contributed by atoms with Crippen LogP contribution in [0, 0.1) is 0 Å². The van der Waals surface area contributed by atoms with Crippen LogP contribution in [0.4, 0.5) is 0 Å². The van der Waals surface area contributed by atoms with Crippen molar-refractivity contribution in [2.75, 3.05) is 6.54 Å². The van der Waals surface area contributed by atoms with Gasteiger partial charge in [-0.2, -0.15) is 0 Å². The van der Waals surface area contributed by atoms with Crippen LogP contribution in [-0.4, -0.2) is 30.1 Å². The van der Waals surface area contributed by atoms with Crippen LogP contribution < -0.4 is 11.5 Å². The largest absolute Gasteiger partial charge is 0.366 e. The van der Waals surface area contributed by atoms with Crippen molar-refractivity contribution in [1.29, 1.82) is 0 Å². The molecular weight excluding hydrogens is 132 g/mol. The number of aliphatic hydroxyl groups is 1. The van der Waals surface area contributed by atoms with E-state index in [4.69, 9.17) is 21.3 Å². The van der Waals surface area contributed by atoms with Gasteiger partial charge in [0.25, 0.3) is 0 Å². The van der Waals surface area contributed by atoms with Gasteiger partial charge >= 0.3 is 0 Å². The monoisotopic (exact) mass is 144 g/mol. The zero-order valence-corrected chi connectivity index (χ0v) is 5.60. The summed E-state index contributed by atoms with van der Waals surface area (Å²) in [4.78, 5) is 0. The molecule has 1 rings (SSSR count). The highest BCUT2D eigenvalue weighted by atomic mass is 16.6. The van der Waals surface area contributed by atoms with Crippen LogP contribution >= 0.6 is 0 Å². The molecule has 3 atom stereocenters. The zero-order valence-electron chi connectivity index (χ0n) is 5.60. The van der Waals surface area contributed by atoms with Gasteiger partial charge in [0, 0.05) is 6.54 Å². The maximum Gasteiger partial charge on any atom is 0.174 e. The lowest BCUT2D eigenvalue weighted by Gasteiger charge is -2.25. The summed E-state index contributed by atoms with van der Waals surface area (Å²) in [5.74, 6) is 0. The summed E-state index contributed by atoms with van der Waals surface area (Å²) >= 11 is 0. The molecule has 1 aliphatic heterocycles. The van der Waals surface area contributed by atoms with Crippen LogP contribution in [0.3, 0.4) is 0 Å². The normalized spacial score (nSPS) is 40.1.